The summed E-state index contributed by atoms with van der Waals surface area (Å²) in [6, 6.07) is 7.51. The van der Waals surface area contributed by atoms with Gasteiger partial charge in [0, 0.05) is 37.9 Å². The molecule has 0 aliphatic rings. The SMILES string of the molecule is CCCCN(C)c1ccc(C(=O)NCCNC(=O)OCC)cc1. The van der Waals surface area contributed by atoms with Crippen molar-refractivity contribution in [3.8, 4) is 0 Å². The molecule has 2 amide bonds. The van der Waals surface area contributed by atoms with Gasteiger partial charge < -0.3 is 20.3 Å². The number of amides is 2. The van der Waals surface area contributed by atoms with Crippen LogP contribution >= 0.6 is 0 Å². The molecule has 6 nitrogen and oxygen atoms in total. The van der Waals surface area contributed by atoms with Crippen LogP contribution in [0.5, 0.6) is 0 Å². The topological polar surface area (TPSA) is 70.7 Å². The number of anilines is 1. The Morgan fingerprint density at radius 1 is 1.09 bits per heavy atom. The Labute approximate surface area is 138 Å². The van der Waals surface area contributed by atoms with Crippen molar-refractivity contribution < 1.29 is 14.3 Å². The van der Waals surface area contributed by atoms with Crippen LogP contribution in [0.2, 0.25) is 0 Å². The fourth-order valence-electron chi connectivity index (χ4n) is 2.02. The molecular weight excluding hydrogens is 294 g/mol. The van der Waals surface area contributed by atoms with Gasteiger partial charge in [0.05, 0.1) is 6.61 Å². The maximum absolute atomic E-state index is 12.0. The zero-order valence-electron chi connectivity index (χ0n) is 14.2. The summed E-state index contributed by atoms with van der Waals surface area (Å²) in [5.41, 5.74) is 1.70. The van der Waals surface area contributed by atoms with Gasteiger partial charge in [0.15, 0.2) is 0 Å². The molecule has 0 aromatic heterocycles. The molecule has 0 fully saturated rings. The van der Waals surface area contributed by atoms with Gasteiger partial charge in [0.2, 0.25) is 0 Å². The van der Waals surface area contributed by atoms with E-state index in [4.69, 9.17) is 4.74 Å². The van der Waals surface area contributed by atoms with Crippen LogP contribution in [0.3, 0.4) is 0 Å². The predicted octanol–water partition coefficient (Wildman–Crippen LogP) is 2.40. The smallest absolute Gasteiger partial charge is 0.407 e. The minimum absolute atomic E-state index is 0.154. The molecule has 0 aliphatic heterocycles. The number of alkyl carbamates (subject to hydrolysis) is 1. The molecule has 0 spiro atoms. The molecule has 0 heterocycles. The summed E-state index contributed by atoms with van der Waals surface area (Å²) >= 11 is 0. The van der Waals surface area contributed by atoms with E-state index < -0.39 is 6.09 Å². The van der Waals surface area contributed by atoms with Gasteiger partial charge in [-0.3, -0.25) is 4.79 Å². The molecule has 1 aromatic carbocycles. The monoisotopic (exact) mass is 321 g/mol. The van der Waals surface area contributed by atoms with Crippen LogP contribution in [-0.4, -0.2) is 45.3 Å². The summed E-state index contributed by atoms with van der Waals surface area (Å²) in [6.07, 6.45) is 1.83. The Morgan fingerprint density at radius 2 is 1.74 bits per heavy atom. The second kappa shape index (κ2) is 10.5. The molecule has 0 saturated carbocycles. The third-order valence-corrected chi connectivity index (χ3v) is 3.37. The lowest BCUT2D eigenvalue weighted by atomic mass is 10.2. The van der Waals surface area contributed by atoms with Crippen LogP contribution < -0.4 is 15.5 Å². The van der Waals surface area contributed by atoms with Gasteiger partial charge in [0.25, 0.3) is 5.91 Å². The van der Waals surface area contributed by atoms with Gasteiger partial charge in [-0.1, -0.05) is 13.3 Å². The third-order valence-electron chi connectivity index (χ3n) is 3.37. The Kier molecular flexibility index (Phi) is 8.57. The number of unbranched alkanes of at least 4 members (excludes halogenated alkanes) is 1. The van der Waals surface area contributed by atoms with Crippen LogP contribution in [0.15, 0.2) is 24.3 Å². The summed E-state index contributed by atoms with van der Waals surface area (Å²) in [4.78, 5) is 25.3. The summed E-state index contributed by atoms with van der Waals surface area (Å²) in [6.45, 7) is 5.93. The summed E-state index contributed by atoms with van der Waals surface area (Å²) in [5, 5.41) is 5.31. The highest BCUT2D eigenvalue weighted by Crippen LogP contribution is 2.14. The molecule has 0 bridgehead atoms. The highest BCUT2D eigenvalue weighted by molar-refractivity contribution is 5.94. The second-order valence-corrected chi connectivity index (χ2v) is 5.23. The first-order valence-electron chi connectivity index (χ1n) is 8.08. The zero-order valence-corrected chi connectivity index (χ0v) is 14.2. The first kappa shape index (κ1) is 18.8. The fraction of sp³-hybridized carbons (Fsp3) is 0.529. The number of ether oxygens (including phenoxy) is 1. The Morgan fingerprint density at radius 3 is 2.35 bits per heavy atom. The van der Waals surface area contributed by atoms with Crippen molar-refractivity contribution in [3.05, 3.63) is 29.8 Å². The van der Waals surface area contributed by atoms with Crippen molar-refractivity contribution in [3.63, 3.8) is 0 Å². The van der Waals surface area contributed by atoms with Crippen molar-refractivity contribution in [2.75, 3.05) is 38.2 Å². The number of hydrogen-bond acceptors (Lipinski definition) is 4. The van der Waals surface area contributed by atoms with E-state index in [1.807, 2.05) is 31.3 Å². The molecule has 0 atom stereocenters. The zero-order chi connectivity index (χ0) is 17.1. The van der Waals surface area contributed by atoms with Gasteiger partial charge in [-0.15, -0.1) is 0 Å². The van der Waals surface area contributed by atoms with E-state index >= 15 is 0 Å². The molecule has 1 rings (SSSR count). The van der Waals surface area contributed by atoms with Crippen LogP contribution in [0.1, 0.15) is 37.0 Å². The van der Waals surface area contributed by atoms with Crippen molar-refractivity contribution in [1.29, 1.82) is 0 Å². The highest BCUT2D eigenvalue weighted by atomic mass is 16.5. The van der Waals surface area contributed by atoms with Gasteiger partial charge in [-0.25, -0.2) is 4.79 Å². The number of rotatable bonds is 9. The second-order valence-electron chi connectivity index (χ2n) is 5.23. The Bertz CT molecular complexity index is 488. The average molecular weight is 321 g/mol. The number of benzene rings is 1. The standard InChI is InChI=1S/C17H27N3O3/c1-4-6-13-20(3)15-9-7-14(8-10-15)16(21)18-11-12-19-17(22)23-5-2/h7-10H,4-6,11-13H2,1-3H3,(H,18,21)(H,19,22). The summed E-state index contributed by atoms with van der Waals surface area (Å²) in [5.74, 6) is -0.154. The molecule has 6 heteroatoms. The van der Waals surface area contributed by atoms with Gasteiger partial charge in [-0.2, -0.15) is 0 Å². The minimum atomic E-state index is -0.471. The lowest BCUT2D eigenvalue weighted by Gasteiger charge is -2.19. The van der Waals surface area contributed by atoms with Crippen molar-refractivity contribution >= 4 is 17.7 Å². The maximum Gasteiger partial charge on any atom is 0.407 e. The van der Waals surface area contributed by atoms with Crippen molar-refractivity contribution in [2.24, 2.45) is 0 Å². The van der Waals surface area contributed by atoms with Crippen LogP contribution in [0.4, 0.5) is 10.5 Å². The van der Waals surface area contributed by atoms with E-state index in [0.717, 1.165) is 25.1 Å². The van der Waals surface area contributed by atoms with E-state index in [2.05, 4.69) is 22.5 Å². The Balaban J connectivity index is 2.37. The quantitative estimate of drug-likeness (QED) is 0.685. The Hall–Kier alpha value is -2.24. The fourth-order valence-corrected chi connectivity index (χ4v) is 2.02. The van der Waals surface area contributed by atoms with Crippen molar-refractivity contribution in [2.45, 2.75) is 26.7 Å². The van der Waals surface area contributed by atoms with Crippen LogP contribution in [0, 0.1) is 0 Å². The van der Waals surface area contributed by atoms with E-state index in [9.17, 15) is 9.59 Å². The number of nitrogens with zero attached hydrogens (tertiary/aromatic N) is 1. The highest BCUT2D eigenvalue weighted by Gasteiger charge is 2.07. The predicted molar refractivity (Wildman–Crippen MR) is 92.0 cm³/mol. The number of carbonyl (C=O) groups is 2. The molecule has 1 aromatic rings. The van der Waals surface area contributed by atoms with Gasteiger partial charge in [0.1, 0.15) is 0 Å². The van der Waals surface area contributed by atoms with Crippen molar-refractivity contribution in [1.82, 2.24) is 10.6 Å². The normalized spacial score (nSPS) is 10.0. The van der Waals surface area contributed by atoms with Gasteiger partial charge in [-0.05, 0) is 37.6 Å². The van der Waals surface area contributed by atoms with Crippen LogP contribution in [0.25, 0.3) is 0 Å². The lowest BCUT2D eigenvalue weighted by Crippen LogP contribution is -2.35. The van der Waals surface area contributed by atoms with Crippen LogP contribution in [-0.2, 0) is 4.74 Å². The van der Waals surface area contributed by atoms with E-state index in [-0.39, 0.29) is 5.91 Å². The molecule has 0 unspecified atom stereocenters. The number of hydrogen-bond donors (Lipinski definition) is 2. The lowest BCUT2D eigenvalue weighted by molar-refractivity contribution is 0.0952. The van der Waals surface area contributed by atoms with E-state index in [0.29, 0.717) is 25.3 Å². The molecule has 0 saturated heterocycles. The maximum atomic E-state index is 12.0. The minimum Gasteiger partial charge on any atom is -0.450 e. The molecule has 2 N–H and O–H groups in total. The first-order chi connectivity index (χ1) is 11.1. The molecule has 23 heavy (non-hydrogen) atoms. The average Bonchev–Trinajstić information content (AvgIpc) is 2.56. The largest absolute Gasteiger partial charge is 0.450 e. The summed E-state index contributed by atoms with van der Waals surface area (Å²) < 4.78 is 4.73. The molecular formula is C17H27N3O3. The molecule has 0 radical (unpaired) electrons. The first-order valence-corrected chi connectivity index (χ1v) is 8.08. The van der Waals surface area contributed by atoms with E-state index in [1.165, 1.54) is 0 Å². The molecule has 128 valence electrons. The van der Waals surface area contributed by atoms with E-state index in [1.54, 1.807) is 6.92 Å². The third kappa shape index (κ3) is 7.04. The number of carbonyl (C=O) groups excluding carboxylic acids is 2. The summed E-state index contributed by atoms with van der Waals surface area (Å²) in [7, 11) is 2.05. The van der Waals surface area contributed by atoms with Gasteiger partial charge >= 0.3 is 6.09 Å². The number of nitrogens with one attached hydrogen (secondary N) is 2. The molecule has 0 aliphatic carbocycles.